The lowest BCUT2D eigenvalue weighted by atomic mass is 10.1. The van der Waals surface area contributed by atoms with Crippen LogP contribution in [0.4, 0.5) is 10.1 Å². The van der Waals surface area contributed by atoms with Gasteiger partial charge in [0.05, 0.1) is 6.54 Å². The largest absolute Gasteiger partial charge is 0.322 e. The molecule has 0 unspecified atom stereocenters. The van der Waals surface area contributed by atoms with Gasteiger partial charge in [-0.15, -0.1) is 0 Å². The minimum absolute atomic E-state index is 0.0628. The standard InChI is InChI=1S/C21H19FN2O2/c1-14-5-10-18(12-15(14)2)23-20(25)19-4-3-11-24(21(19)26)13-16-6-8-17(22)9-7-16/h3-12H,13H2,1-2H3,(H,23,25). The van der Waals surface area contributed by atoms with Crippen LogP contribution in [0.5, 0.6) is 0 Å². The zero-order chi connectivity index (χ0) is 18.7. The van der Waals surface area contributed by atoms with Gasteiger partial charge in [0.15, 0.2) is 0 Å². The summed E-state index contributed by atoms with van der Waals surface area (Å²) in [4.78, 5) is 25.1. The molecule has 0 radical (unpaired) electrons. The van der Waals surface area contributed by atoms with Crippen LogP contribution in [0.1, 0.15) is 27.0 Å². The first-order valence-corrected chi connectivity index (χ1v) is 8.26. The molecule has 26 heavy (non-hydrogen) atoms. The first-order valence-electron chi connectivity index (χ1n) is 8.26. The van der Waals surface area contributed by atoms with Gasteiger partial charge < -0.3 is 9.88 Å². The maximum Gasteiger partial charge on any atom is 0.263 e. The number of hydrogen-bond donors (Lipinski definition) is 1. The highest BCUT2D eigenvalue weighted by molar-refractivity contribution is 6.04. The molecule has 0 aliphatic rings. The van der Waals surface area contributed by atoms with Crippen molar-refractivity contribution >= 4 is 11.6 Å². The normalized spacial score (nSPS) is 10.6. The predicted molar refractivity (Wildman–Crippen MR) is 100 cm³/mol. The smallest absolute Gasteiger partial charge is 0.263 e. The molecule has 0 spiro atoms. The maximum absolute atomic E-state index is 13.0. The number of halogens is 1. The van der Waals surface area contributed by atoms with Crippen molar-refractivity contribution < 1.29 is 9.18 Å². The van der Waals surface area contributed by atoms with Gasteiger partial charge in [-0.25, -0.2) is 4.39 Å². The van der Waals surface area contributed by atoms with E-state index in [0.29, 0.717) is 5.69 Å². The van der Waals surface area contributed by atoms with Gasteiger partial charge in [-0.2, -0.15) is 0 Å². The third-order valence-electron chi connectivity index (χ3n) is 4.30. The molecule has 0 aliphatic carbocycles. The Kier molecular flexibility index (Phi) is 4.98. The topological polar surface area (TPSA) is 51.1 Å². The summed E-state index contributed by atoms with van der Waals surface area (Å²) in [5.74, 6) is -0.783. The number of benzene rings is 2. The molecule has 5 heteroatoms. The summed E-state index contributed by atoms with van der Waals surface area (Å²) in [6.07, 6.45) is 1.61. The number of amides is 1. The first-order chi connectivity index (χ1) is 12.4. The van der Waals surface area contributed by atoms with Gasteiger partial charge >= 0.3 is 0 Å². The van der Waals surface area contributed by atoms with Crippen molar-refractivity contribution in [1.82, 2.24) is 4.57 Å². The molecule has 0 fully saturated rings. The van der Waals surface area contributed by atoms with Crippen LogP contribution in [0.2, 0.25) is 0 Å². The van der Waals surface area contributed by atoms with Gasteiger partial charge in [-0.05, 0) is 66.9 Å². The Hall–Kier alpha value is -3.21. The highest BCUT2D eigenvalue weighted by atomic mass is 19.1. The van der Waals surface area contributed by atoms with Gasteiger partial charge in [0.1, 0.15) is 11.4 Å². The van der Waals surface area contributed by atoms with E-state index in [9.17, 15) is 14.0 Å². The Morgan fingerprint density at radius 1 is 1.04 bits per heavy atom. The van der Waals surface area contributed by atoms with E-state index < -0.39 is 11.5 Å². The number of pyridine rings is 1. The number of anilines is 1. The number of aryl methyl sites for hydroxylation is 2. The summed E-state index contributed by atoms with van der Waals surface area (Å²) < 4.78 is 14.4. The molecule has 0 atom stereocenters. The number of nitrogens with one attached hydrogen (secondary N) is 1. The van der Waals surface area contributed by atoms with Crippen LogP contribution < -0.4 is 10.9 Å². The molecule has 1 N–H and O–H groups in total. The van der Waals surface area contributed by atoms with Crippen molar-refractivity contribution in [1.29, 1.82) is 0 Å². The highest BCUT2D eigenvalue weighted by Crippen LogP contribution is 2.14. The zero-order valence-electron chi connectivity index (χ0n) is 14.6. The molecule has 3 rings (SSSR count). The molecular formula is C21H19FN2O2. The summed E-state index contributed by atoms with van der Waals surface area (Å²) in [5, 5.41) is 2.76. The number of rotatable bonds is 4. The van der Waals surface area contributed by atoms with Gasteiger partial charge in [-0.1, -0.05) is 18.2 Å². The molecular weight excluding hydrogens is 331 g/mol. The van der Waals surface area contributed by atoms with Crippen LogP contribution in [0.25, 0.3) is 0 Å². The number of aromatic nitrogens is 1. The van der Waals surface area contributed by atoms with E-state index in [1.54, 1.807) is 30.5 Å². The van der Waals surface area contributed by atoms with Gasteiger partial charge in [0.2, 0.25) is 0 Å². The molecule has 1 aromatic heterocycles. The second-order valence-electron chi connectivity index (χ2n) is 6.23. The monoisotopic (exact) mass is 350 g/mol. The maximum atomic E-state index is 13.0. The van der Waals surface area contributed by atoms with E-state index in [4.69, 9.17) is 0 Å². The predicted octanol–water partition coefficient (Wildman–Crippen LogP) is 3.90. The third kappa shape index (κ3) is 3.88. The fourth-order valence-corrected chi connectivity index (χ4v) is 2.64. The summed E-state index contributed by atoms with van der Waals surface area (Å²) in [6, 6.07) is 14.7. The van der Waals surface area contributed by atoms with Gasteiger partial charge in [-0.3, -0.25) is 9.59 Å². The lowest BCUT2D eigenvalue weighted by molar-refractivity contribution is 0.102. The van der Waals surface area contributed by atoms with E-state index >= 15 is 0 Å². The molecule has 0 saturated heterocycles. The molecule has 1 heterocycles. The lowest BCUT2D eigenvalue weighted by Crippen LogP contribution is -2.29. The Morgan fingerprint density at radius 3 is 2.46 bits per heavy atom. The first kappa shape index (κ1) is 17.6. The van der Waals surface area contributed by atoms with E-state index in [0.717, 1.165) is 16.7 Å². The van der Waals surface area contributed by atoms with Gasteiger partial charge in [0.25, 0.3) is 11.5 Å². The van der Waals surface area contributed by atoms with Gasteiger partial charge in [0, 0.05) is 11.9 Å². The van der Waals surface area contributed by atoms with Crippen LogP contribution >= 0.6 is 0 Å². The van der Waals surface area contributed by atoms with Crippen molar-refractivity contribution in [3.8, 4) is 0 Å². The Balaban J connectivity index is 1.83. The van der Waals surface area contributed by atoms with Crippen LogP contribution in [0.3, 0.4) is 0 Å². The Bertz CT molecular complexity index is 1010. The average Bonchev–Trinajstić information content (AvgIpc) is 2.62. The van der Waals surface area contributed by atoms with E-state index in [1.807, 2.05) is 26.0 Å². The van der Waals surface area contributed by atoms with Crippen molar-refractivity contribution in [3.05, 3.63) is 99.2 Å². The fourth-order valence-electron chi connectivity index (χ4n) is 2.64. The van der Waals surface area contributed by atoms with Crippen molar-refractivity contribution in [2.75, 3.05) is 5.32 Å². The van der Waals surface area contributed by atoms with Crippen LogP contribution in [0.15, 0.2) is 65.6 Å². The quantitative estimate of drug-likeness (QED) is 0.776. The molecule has 1 amide bonds. The number of hydrogen-bond acceptors (Lipinski definition) is 2. The number of carbonyl (C=O) groups is 1. The van der Waals surface area contributed by atoms with Crippen molar-refractivity contribution in [2.24, 2.45) is 0 Å². The Labute approximate surface area is 150 Å². The molecule has 0 aliphatic heterocycles. The third-order valence-corrected chi connectivity index (χ3v) is 4.30. The minimum Gasteiger partial charge on any atom is -0.322 e. The van der Waals surface area contributed by atoms with Crippen LogP contribution in [-0.2, 0) is 6.54 Å². The average molecular weight is 350 g/mol. The molecule has 0 saturated carbocycles. The zero-order valence-corrected chi connectivity index (χ0v) is 14.6. The SMILES string of the molecule is Cc1ccc(NC(=O)c2cccn(Cc3ccc(F)cc3)c2=O)cc1C. The van der Waals surface area contributed by atoms with Crippen molar-refractivity contribution in [3.63, 3.8) is 0 Å². The van der Waals surface area contributed by atoms with E-state index in [2.05, 4.69) is 5.32 Å². The fraction of sp³-hybridized carbons (Fsp3) is 0.143. The van der Waals surface area contributed by atoms with Crippen molar-refractivity contribution in [2.45, 2.75) is 20.4 Å². The second-order valence-corrected chi connectivity index (χ2v) is 6.23. The van der Waals surface area contributed by atoms with Crippen LogP contribution in [0, 0.1) is 19.7 Å². The van der Waals surface area contributed by atoms with E-state index in [1.165, 1.54) is 22.8 Å². The lowest BCUT2D eigenvalue weighted by Gasteiger charge is -2.10. The minimum atomic E-state index is -0.452. The molecule has 3 aromatic rings. The van der Waals surface area contributed by atoms with E-state index in [-0.39, 0.29) is 17.9 Å². The summed E-state index contributed by atoms with van der Waals surface area (Å²) >= 11 is 0. The Morgan fingerprint density at radius 2 is 1.77 bits per heavy atom. The molecule has 2 aromatic carbocycles. The second kappa shape index (κ2) is 7.35. The number of nitrogens with zero attached hydrogens (tertiary/aromatic N) is 1. The van der Waals surface area contributed by atoms with Crippen LogP contribution in [-0.4, -0.2) is 10.5 Å². The molecule has 132 valence electrons. The highest BCUT2D eigenvalue weighted by Gasteiger charge is 2.13. The summed E-state index contributed by atoms with van der Waals surface area (Å²) in [6.45, 7) is 4.22. The summed E-state index contributed by atoms with van der Waals surface area (Å²) in [7, 11) is 0. The number of carbonyl (C=O) groups excluding carboxylic acids is 1. The molecule has 0 bridgehead atoms. The molecule has 4 nitrogen and oxygen atoms in total. The summed E-state index contributed by atoms with van der Waals surface area (Å²) in [5.41, 5.74) is 3.28.